The van der Waals surface area contributed by atoms with Crippen molar-refractivity contribution < 1.29 is 4.79 Å². The highest BCUT2D eigenvalue weighted by Gasteiger charge is 2.21. The second kappa shape index (κ2) is 2.47. The molecule has 0 aromatic rings. The van der Waals surface area contributed by atoms with Gasteiger partial charge in [-0.1, -0.05) is 0 Å². The van der Waals surface area contributed by atoms with Crippen LogP contribution in [0, 0.1) is 0 Å². The van der Waals surface area contributed by atoms with Crippen LogP contribution >= 0.6 is 12.6 Å². The third-order valence-corrected chi connectivity index (χ3v) is 1.90. The molecule has 1 fully saturated rings. The molecule has 0 aromatic heterocycles. The molecule has 52 valence electrons. The van der Waals surface area contributed by atoms with Crippen molar-refractivity contribution in [2.75, 3.05) is 13.1 Å². The Kier molecular flexibility index (Phi) is 1.85. The van der Waals surface area contributed by atoms with Crippen molar-refractivity contribution in [2.45, 2.75) is 11.7 Å². The number of hydrogen-bond donors (Lipinski definition) is 2. The smallest absolute Gasteiger partial charge is 0.314 e. The Morgan fingerprint density at radius 1 is 1.78 bits per heavy atom. The number of amides is 2. The predicted molar refractivity (Wildman–Crippen MR) is 38.5 cm³/mol. The van der Waals surface area contributed by atoms with Gasteiger partial charge in [-0.05, 0) is 6.42 Å². The van der Waals surface area contributed by atoms with Crippen LogP contribution in [-0.2, 0) is 0 Å². The molecule has 0 aliphatic carbocycles. The first-order valence-electron chi connectivity index (χ1n) is 2.92. The van der Waals surface area contributed by atoms with Gasteiger partial charge in [-0.3, -0.25) is 0 Å². The summed E-state index contributed by atoms with van der Waals surface area (Å²) in [5, 5.41) is 0.331. The maximum absolute atomic E-state index is 10.5. The predicted octanol–water partition coefficient (Wildman–Crippen LogP) is 0.0692. The van der Waals surface area contributed by atoms with E-state index in [0.29, 0.717) is 11.8 Å². The molecule has 0 radical (unpaired) electrons. The fourth-order valence-electron chi connectivity index (χ4n) is 0.942. The molecule has 0 aromatic carbocycles. The average molecular weight is 146 g/mol. The van der Waals surface area contributed by atoms with Gasteiger partial charge < -0.3 is 10.6 Å². The normalized spacial score (nSPS) is 26.8. The van der Waals surface area contributed by atoms with E-state index in [0.717, 1.165) is 13.0 Å². The molecule has 1 heterocycles. The summed E-state index contributed by atoms with van der Waals surface area (Å²) in [6, 6.07) is -0.327. The highest BCUT2D eigenvalue weighted by molar-refractivity contribution is 7.81. The van der Waals surface area contributed by atoms with Crippen LogP contribution < -0.4 is 5.73 Å². The molecule has 1 rings (SSSR count). The van der Waals surface area contributed by atoms with Gasteiger partial charge in [-0.15, -0.1) is 0 Å². The van der Waals surface area contributed by atoms with Crippen LogP contribution in [-0.4, -0.2) is 29.3 Å². The molecule has 1 aliphatic heterocycles. The monoisotopic (exact) mass is 146 g/mol. The van der Waals surface area contributed by atoms with Crippen molar-refractivity contribution in [2.24, 2.45) is 5.73 Å². The summed E-state index contributed by atoms with van der Waals surface area (Å²) >= 11 is 4.20. The average Bonchev–Trinajstić information content (AvgIpc) is 2.14. The van der Waals surface area contributed by atoms with E-state index in [2.05, 4.69) is 12.6 Å². The maximum atomic E-state index is 10.5. The van der Waals surface area contributed by atoms with Crippen LogP contribution in [0.15, 0.2) is 0 Å². The molecule has 4 heteroatoms. The number of primary amides is 1. The van der Waals surface area contributed by atoms with Crippen molar-refractivity contribution in [1.82, 2.24) is 4.90 Å². The zero-order valence-corrected chi connectivity index (χ0v) is 5.97. The van der Waals surface area contributed by atoms with E-state index in [1.807, 2.05) is 0 Å². The molecule has 1 saturated heterocycles. The number of likely N-dealkylation sites (tertiary alicyclic amines) is 1. The van der Waals surface area contributed by atoms with E-state index in [-0.39, 0.29) is 6.03 Å². The van der Waals surface area contributed by atoms with Crippen molar-refractivity contribution in [3.63, 3.8) is 0 Å². The molecule has 0 unspecified atom stereocenters. The van der Waals surface area contributed by atoms with Gasteiger partial charge in [0.05, 0.1) is 0 Å². The van der Waals surface area contributed by atoms with E-state index < -0.39 is 0 Å². The summed E-state index contributed by atoms with van der Waals surface area (Å²) in [4.78, 5) is 12.1. The fourth-order valence-corrected chi connectivity index (χ4v) is 1.25. The van der Waals surface area contributed by atoms with Crippen LogP contribution in [0.25, 0.3) is 0 Å². The molecule has 0 spiro atoms. The van der Waals surface area contributed by atoms with Crippen LogP contribution in [0.2, 0.25) is 0 Å². The quantitative estimate of drug-likeness (QED) is 0.467. The van der Waals surface area contributed by atoms with Gasteiger partial charge in [-0.25, -0.2) is 4.79 Å². The van der Waals surface area contributed by atoms with Crippen molar-refractivity contribution in [1.29, 1.82) is 0 Å². The number of carbonyl (C=O) groups is 1. The lowest BCUT2D eigenvalue weighted by atomic mass is 10.4. The van der Waals surface area contributed by atoms with Crippen LogP contribution in [0.4, 0.5) is 4.79 Å². The largest absolute Gasteiger partial charge is 0.351 e. The third kappa shape index (κ3) is 1.51. The number of rotatable bonds is 0. The lowest BCUT2D eigenvalue weighted by Crippen LogP contribution is -2.33. The number of thiol groups is 1. The summed E-state index contributed by atoms with van der Waals surface area (Å²) < 4.78 is 0. The SMILES string of the molecule is NC(=O)N1CC[C@H](S)C1. The zero-order chi connectivity index (χ0) is 6.85. The van der Waals surface area contributed by atoms with Crippen molar-refractivity contribution >= 4 is 18.7 Å². The standard InChI is InChI=1S/C5H10N2OS/c6-5(8)7-2-1-4(9)3-7/h4,9H,1-3H2,(H2,6,8)/t4-/m0/s1. The molecule has 2 N–H and O–H groups in total. The number of urea groups is 1. The minimum Gasteiger partial charge on any atom is -0.351 e. The highest BCUT2D eigenvalue weighted by Crippen LogP contribution is 2.12. The Bertz CT molecular complexity index is 128. The number of carbonyl (C=O) groups excluding carboxylic acids is 1. The Morgan fingerprint density at radius 2 is 2.44 bits per heavy atom. The van der Waals surface area contributed by atoms with Gasteiger partial charge in [-0.2, -0.15) is 12.6 Å². The number of hydrogen-bond acceptors (Lipinski definition) is 2. The van der Waals surface area contributed by atoms with E-state index in [4.69, 9.17) is 5.73 Å². The van der Waals surface area contributed by atoms with Gasteiger partial charge >= 0.3 is 6.03 Å². The second-order valence-corrected chi connectivity index (χ2v) is 2.96. The minimum atomic E-state index is -0.327. The number of nitrogens with two attached hydrogens (primary N) is 1. The highest BCUT2D eigenvalue weighted by atomic mass is 32.1. The fraction of sp³-hybridized carbons (Fsp3) is 0.800. The Labute approximate surface area is 59.6 Å². The lowest BCUT2D eigenvalue weighted by molar-refractivity contribution is 0.218. The molecule has 2 amide bonds. The topological polar surface area (TPSA) is 46.3 Å². The first kappa shape index (κ1) is 6.74. The molecule has 1 aliphatic rings. The van der Waals surface area contributed by atoms with Gasteiger partial charge in [0.2, 0.25) is 0 Å². The molecule has 1 atom stereocenters. The first-order valence-corrected chi connectivity index (χ1v) is 3.44. The van der Waals surface area contributed by atoms with Crippen LogP contribution in [0.1, 0.15) is 6.42 Å². The van der Waals surface area contributed by atoms with Crippen LogP contribution in [0.5, 0.6) is 0 Å². The zero-order valence-electron chi connectivity index (χ0n) is 5.08. The van der Waals surface area contributed by atoms with Gasteiger partial charge in [0.15, 0.2) is 0 Å². The van der Waals surface area contributed by atoms with E-state index in [9.17, 15) is 4.79 Å². The molecule has 3 nitrogen and oxygen atoms in total. The van der Waals surface area contributed by atoms with Gasteiger partial charge in [0, 0.05) is 18.3 Å². The maximum Gasteiger partial charge on any atom is 0.314 e. The Hall–Kier alpha value is -0.380. The van der Waals surface area contributed by atoms with E-state index >= 15 is 0 Å². The summed E-state index contributed by atoms with van der Waals surface area (Å²) in [6.07, 6.45) is 0.964. The first-order chi connectivity index (χ1) is 4.20. The minimum absolute atomic E-state index is 0.327. The lowest BCUT2D eigenvalue weighted by Gasteiger charge is -2.10. The van der Waals surface area contributed by atoms with Crippen molar-refractivity contribution in [3.05, 3.63) is 0 Å². The number of nitrogens with zero attached hydrogens (tertiary/aromatic N) is 1. The summed E-state index contributed by atoms with van der Waals surface area (Å²) in [7, 11) is 0. The van der Waals surface area contributed by atoms with Crippen LogP contribution in [0.3, 0.4) is 0 Å². The van der Waals surface area contributed by atoms with Crippen molar-refractivity contribution in [3.8, 4) is 0 Å². The van der Waals surface area contributed by atoms with E-state index in [1.54, 1.807) is 4.90 Å². The Morgan fingerprint density at radius 3 is 2.67 bits per heavy atom. The van der Waals surface area contributed by atoms with E-state index in [1.165, 1.54) is 0 Å². The van der Waals surface area contributed by atoms with Gasteiger partial charge in [0.25, 0.3) is 0 Å². The molecular weight excluding hydrogens is 136 g/mol. The molecule has 0 bridgehead atoms. The molecule has 9 heavy (non-hydrogen) atoms. The Balaban J connectivity index is 2.39. The molecular formula is C5H10N2OS. The molecule has 0 saturated carbocycles. The summed E-state index contributed by atoms with van der Waals surface area (Å²) in [5.41, 5.74) is 5.01. The summed E-state index contributed by atoms with van der Waals surface area (Å²) in [6.45, 7) is 1.47. The van der Waals surface area contributed by atoms with Gasteiger partial charge in [0.1, 0.15) is 0 Å². The third-order valence-electron chi connectivity index (χ3n) is 1.48. The summed E-state index contributed by atoms with van der Waals surface area (Å²) in [5.74, 6) is 0. The second-order valence-electron chi connectivity index (χ2n) is 2.23.